The van der Waals surface area contributed by atoms with Crippen LogP contribution < -0.4 is 10.1 Å². The molecule has 0 radical (unpaired) electrons. The predicted octanol–water partition coefficient (Wildman–Crippen LogP) is 3.89. The fourth-order valence-electron chi connectivity index (χ4n) is 1.79. The molecule has 0 bridgehead atoms. The van der Waals surface area contributed by atoms with E-state index in [0.717, 1.165) is 6.07 Å². The van der Waals surface area contributed by atoms with Crippen molar-refractivity contribution in [3.8, 4) is 5.75 Å². The molecule has 0 atom stereocenters. The zero-order valence-corrected chi connectivity index (χ0v) is 11.5. The first-order valence-corrected chi connectivity index (χ1v) is 6.34. The third-order valence-corrected chi connectivity index (χ3v) is 2.82. The topological polar surface area (TPSA) is 38.3 Å². The molecule has 23 heavy (non-hydrogen) atoms. The van der Waals surface area contributed by atoms with E-state index in [9.17, 15) is 26.7 Å². The van der Waals surface area contributed by atoms with Gasteiger partial charge in [0.2, 0.25) is 5.91 Å². The number of ether oxygens (including phenoxy) is 1. The molecule has 3 nitrogen and oxygen atoms in total. The van der Waals surface area contributed by atoms with Gasteiger partial charge < -0.3 is 10.1 Å². The van der Waals surface area contributed by atoms with Crippen molar-refractivity contribution in [3.05, 3.63) is 59.4 Å². The number of rotatable bonds is 5. The predicted molar refractivity (Wildman–Crippen MR) is 71.7 cm³/mol. The van der Waals surface area contributed by atoms with Gasteiger partial charge in [-0.15, -0.1) is 0 Å². The van der Waals surface area contributed by atoms with Crippen molar-refractivity contribution >= 4 is 11.6 Å². The molecule has 0 heterocycles. The number of carbonyl (C=O) groups is 1. The third kappa shape index (κ3) is 4.41. The lowest BCUT2D eigenvalue weighted by Gasteiger charge is -2.08. The summed E-state index contributed by atoms with van der Waals surface area (Å²) >= 11 is 0. The minimum atomic E-state index is -2.96. The van der Waals surface area contributed by atoms with Gasteiger partial charge in [0, 0.05) is 0 Å². The van der Waals surface area contributed by atoms with E-state index in [2.05, 4.69) is 10.1 Å². The summed E-state index contributed by atoms with van der Waals surface area (Å²) in [5, 5.41) is 2.10. The summed E-state index contributed by atoms with van der Waals surface area (Å²) < 4.78 is 67.4. The molecule has 2 aromatic carbocycles. The zero-order chi connectivity index (χ0) is 17.0. The highest BCUT2D eigenvalue weighted by molar-refractivity contribution is 5.92. The second kappa shape index (κ2) is 7.08. The highest BCUT2D eigenvalue weighted by atomic mass is 19.3. The van der Waals surface area contributed by atoms with Crippen LogP contribution in [0.5, 0.6) is 5.75 Å². The quantitative estimate of drug-likeness (QED) is 0.667. The van der Waals surface area contributed by atoms with Crippen LogP contribution in [0.1, 0.15) is 5.56 Å². The standard InChI is InChI=1S/C15H10F5NO2/c16-10-5-6-11(14(18)13(10)17)21-12(22)7-8-1-3-9(4-2-8)23-15(19)20/h1-6,15H,7H2,(H,21,22). The van der Waals surface area contributed by atoms with Crippen LogP contribution in [0.3, 0.4) is 0 Å². The summed E-state index contributed by atoms with van der Waals surface area (Å²) in [6.45, 7) is -2.96. The fourth-order valence-corrected chi connectivity index (χ4v) is 1.79. The Kier molecular flexibility index (Phi) is 5.15. The van der Waals surface area contributed by atoms with Gasteiger partial charge in [-0.3, -0.25) is 4.79 Å². The van der Waals surface area contributed by atoms with Gasteiger partial charge in [0.1, 0.15) is 5.75 Å². The number of nitrogens with one attached hydrogen (secondary N) is 1. The van der Waals surface area contributed by atoms with Crippen molar-refractivity contribution in [3.63, 3.8) is 0 Å². The molecule has 0 fully saturated rings. The number of amides is 1. The SMILES string of the molecule is O=C(Cc1ccc(OC(F)F)cc1)Nc1ccc(F)c(F)c1F. The van der Waals surface area contributed by atoms with E-state index < -0.39 is 35.7 Å². The Morgan fingerprint density at radius 1 is 1.00 bits per heavy atom. The molecule has 0 spiro atoms. The van der Waals surface area contributed by atoms with Crippen LogP contribution in [0.15, 0.2) is 36.4 Å². The molecule has 2 aromatic rings. The molecule has 0 aliphatic rings. The normalized spacial score (nSPS) is 10.7. The second-order valence-electron chi connectivity index (χ2n) is 4.47. The van der Waals surface area contributed by atoms with Crippen LogP contribution in [0.25, 0.3) is 0 Å². The summed E-state index contributed by atoms with van der Waals surface area (Å²) in [5.74, 6) is -5.31. The van der Waals surface area contributed by atoms with Crippen LogP contribution in [-0.2, 0) is 11.2 Å². The molecule has 0 saturated carbocycles. The van der Waals surface area contributed by atoms with Gasteiger partial charge in [0.15, 0.2) is 17.5 Å². The molecule has 1 amide bonds. The average Bonchev–Trinajstić information content (AvgIpc) is 2.49. The lowest BCUT2D eigenvalue weighted by atomic mass is 10.1. The lowest BCUT2D eigenvalue weighted by Crippen LogP contribution is -2.16. The molecular weight excluding hydrogens is 321 g/mol. The molecule has 0 aliphatic heterocycles. The summed E-state index contributed by atoms with van der Waals surface area (Å²) in [7, 11) is 0. The second-order valence-corrected chi connectivity index (χ2v) is 4.47. The van der Waals surface area contributed by atoms with Gasteiger partial charge >= 0.3 is 6.61 Å². The largest absolute Gasteiger partial charge is 0.435 e. The van der Waals surface area contributed by atoms with Crippen molar-refractivity contribution in [2.75, 3.05) is 5.32 Å². The van der Waals surface area contributed by atoms with Gasteiger partial charge in [-0.2, -0.15) is 8.78 Å². The molecule has 0 aliphatic carbocycles. The Hall–Kier alpha value is -2.64. The maximum absolute atomic E-state index is 13.4. The summed E-state index contributed by atoms with van der Waals surface area (Å²) in [6, 6.07) is 6.81. The third-order valence-electron chi connectivity index (χ3n) is 2.82. The van der Waals surface area contributed by atoms with Gasteiger partial charge in [-0.25, -0.2) is 13.2 Å². The number of halogens is 5. The first kappa shape index (κ1) is 16.7. The smallest absolute Gasteiger partial charge is 0.387 e. The van der Waals surface area contributed by atoms with Gasteiger partial charge in [-0.05, 0) is 29.8 Å². The Morgan fingerprint density at radius 3 is 2.26 bits per heavy atom. The average molecular weight is 331 g/mol. The van der Waals surface area contributed by atoms with E-state index in [4.69, 9.17) is 0 Å². The molecular formula is C15H10F5NO2. The first-order chi connectivity index (χ1) is 10.9. The minimum Gasteiger partial charge on any atom is -0.435 e. The van der Waals surface area contributed by atoms with Crippen LogP contribution >= 0.6 is 0 Å². The van der Waals surface area contributed by atoms with Crippen molar-refractivity contribution in [2.45, 2.75) is 13.0 Å². The Balaban J connectivity index is 2.01. The summed E-state index contributed by atoms with van der Waals surface area (Å²) in [5.41, 5.74) is -0.0568. The number of anilines is 1. The molecule has 0 aromatic heterocycles. The summed E-state index contributed by atoms with van der Waals surface area (Å²) in [4.78, 5) is 11.7. The number of alkyl halides is 2. The van der Waals surface area contributed by atoms with Crippen LogP contribution in [0.4, 0.5) is 27.6 Å². The Morgan fingerprint density at radius 2 is 1.65 bits per heavy atom. The number of carbonyl (C=O) groups excluding carboxylic acids is 1. The monoisotopic (exact) mass is 331 g/mol. The molecule has 8 heteroatoms. The Labute approximate surface area is 127 Å². The highest BCUT2D eigenvalue weighted by Gasteiger charge is 2.15. The number of hydrogen-bond donors (Lipinski definition) is 1. The highest BCUT2D eigenvalue weighted by Crippen LogP contribution is 2.20. The van der Waals surface area contributed by atoms with Gasteiger partial charge in [-0.1, -0.05) is 12.1 Å². The maximum atomic E-state index is 13.4. The number of hydrogen-bond acceptors (Lipinski definition) is 2. The van der Waals surface area contributed by atoms with Gasteiger partial charge in [0.25, 0.3) is 0 Å². The fraction of sp³-hybridized carbons (Fsp3) is 0.133. The van der Waals surface area contributed by atoms with Crippen LogP contribution in [-0.4, -0.2) is 12.5 Å². The minimum absolute atomic E-state index is 0.0733. The van der Waals surface area contributed by atoms with E-state index in [0.29, 0.717) is 11.6 Å². The maximum Gasteiger partial charge on any atom is 0.387 e. The summed E-state index contributed by atoms with van der Waals surface area (Å²) in [6.07, 6.45) is -0.215. The van der Waals surface area contributed by atoms with Crippen LogP contribution in [0.2, 0.25) is 0 Å². The van der Waals surface area contributed by atoms with E-state index in [1.54, 1.807) is 0 Å². The van der Waals surface area contributed by atoms with Crippen molar-refractivity contribution < 1.29 is 31.5 Å². The molecule has 0 unspecified atom stereocenters. The van der Waals surface area contributed by atoms with Gasteiger partial charge in [0.05, 0.1) is 12.1 Å². The molecule has 122 valence electrons. The molecule has 0 saturated heterocycles. The first-order valence-electron chi connectivity index (χ1n) is 6.34. The van der Waals surface area contributed by atoms with E-state index in [-0.39, 0.29) is 12.2 Å². The van der Waals surface area contributed by atoms with E-state index in [1.807, 2.05) is 0 Å². The Bertz CT molecular complexity index is 704. The van der Waals surface area contributed by atoms with E-state index in [1.165, 1.54) is 24.3 Å². The van der Waals surface area contributed by atoms with Crippen molar-refractivity contribution in [1.82, 2.24) is 0 Å². The number of benzene rings is 2. The van der Waals surface area contributed by atoms with Crippen LogP contribution in [0, 0.1) is 17.5 Å². The van der Waals surface area contributed by atoms with E-state index >= 15 is 0 Å². The van der Waals surface area contributed by atoms with Crippen molar-refractivity contribution in [2.24, 2.45) is 0 Å². The lowest BCUT2D eigenvalue weighted by molar-refractivity contribution is -0.115. The van der Waals surface area contributed by atoms with Crippen molar-refractivity contribution in [1.29, 1.82) is 0 Å². The molecule has 2 rings (SSSR count). The zero-order valence-electron chi connectivity index (χ0n) is 11.5. The molecule has 1 N–H and O–H groups in total.